The van der Waals surface area contributed by atoms with Crippen LogP contribution in [0, 0.1) is 17.5 Å². The highest BCUT2D eigenvalue weighted by molar-refractivity contribution is 5.21. The van der Waals surface area contributed by atoms with Gasteiger partial charge in [0.2, 0.25) is 0 Å². The minimum atomic E-state index is -4.63. The number of hydrogen-bond acceptors (Lipinski definition) is 0. The second-order valence-corrected chi connectivity index (χ2v) is 2.27. The summed E-state index contributed by atoms with van der Waals surface area (Å²) in [6.07, 6.45) is -4.63. The zero-order valence-corrected chi connectivity index (χ0v) is 5.95. The van der Waals surface area contributed by atoms with E-state index in [2.05, 4.69) is 0 Å². The molecule has 0 spiro atoms. The zero-order chi connectivity index (χ0) is 10.2. The summed E-state index contributed by atoms with van der Waals surface area (Å²) in [5.74, 6) is -5.51. The standard InChI is InChI=1S/C7H2F5O/c8-4-1-3(7(11,12)13)2-5(9)6(4)10/h1-2H. The molecule has 0 saturated heterocycles. The summed E-state index contributed by atoms with van der Waals surface area (Å²) in [4.78, 5) is 0. The van der Waals surface area contributed by atoms with Crippen LogP contribution in [0.25, 0.3) is 0 Å². The third kappa shape index (κ3) is 1.95. The van der Waals surface area contributed by atoms with Gasteiger partial charge in [-0.2, -0.15) is 13.9 Å². The van der Waals surface area contributed by atoms with Crippen molar-refractivity contribution in [2.24, 2.45) is 0 Å². The van der Waals surface area contributed by atoms with Gasteiger partial charge in [0.1, 0.15) is 0 Å². The molecule has 6 heteroatoms. The first-order chi connectivity index (χ1) is 5.82. The lowest BCUT2D eigenvalue weighted by Crippen LogP contribution is -2.11. The smallest absolute Gasteiger partial charge is 0.204 e. The molecule has 0 unspecified atom stereocenters. The predicted octanol–water partition coefficient (Wildman–Crippen LogP) is 2.58. The topological polar surface area (TPSA) is 19.9 Å². The zero-order valence-electron chi connectivity index (χ0n) is 5.95. The third-order valence-electron chi connectivity index (χ3n) is 1.32. The molecule has 71 valence electrons. The summed E-state index contributed by atoms with van der Waals surface area (Å²) in [5, 5.41) is 9.93. The Morgan fingerprint density at radius 2 is 1.38 bits per heavy atom. The van der Waals surface area contributed by atoms with Crippen LogP contribution in [0.4, 0.5) is 22.0 Å². The Kier molecular flexibility index (Phi) is 2.25. The predicted molar refractivity (Wildman–Crippen MR) is 30.9 cm³/mol. The monoisotopic (exact) mass is 197 g/mol. The van der Waals surface area contributed by atoms with E-state index in [1.807, 2.05) is 0 Å². The first-order valence-electron chi connectivity index (χ1n) is 3.05. The number of rotatable bonds is 1. The number of hydrogen-bond donors (Lipinski definition) is 0. The summed E-state index contributed by atoms with van der Waals surface area (Å²) in [7, 11) is 0. The molecule has 13 heavy (non-hydrogen) atoms. The maximum atomic E-state index is 12.3. The van der Waals surface area contributed by atoms with E-state index in [1.54, 1.807) is 0 Å². The summed E-state index contributed by atoms with van der Waals surface area (Å²) in [5.41, 5.74) is -1.44. The van der Waals surface area contributed by atoms with Crippen LogP contribution in [0.5, 0.6) is 0 Å². The normalized spacial score (nSPS) is 11.8. The van der Waals surface area contributed by atoms with Crippen LogP contribution in [0.15, 0.2) is 12.1 Å². The van der Waals surface area contributed by atoms with Crippen LogP contribution in [-0.2, 0) is 11.2 Å². The van der Waals surface area contributed by atoms with Gasteiger partial charge in [-0.1, -0.05) is 0 Å². The van der Waals surface area contributed by atoms with Gasteiger partial charge in [-0.25, -0.2) is 13.2 Å². The van der Waals surface area contributed by atoms with Gasteiger partial charge in [0.05, 0.1) is 5.56 Å². The first kappa shape index (κ1) is 9.91. The Hall–Kier alpha value is -1.17. The van der Waals surface area contributed by atoms with E-state index in [1.165, 1.54) is 0 Å². The van der Waals surface area contributed by atoms with Gasteiger partial charge in [-0.05, 0) is 12.1 Å². The van der Waals surface area contributed by atoms with Crippen molar-refractivity contribution in [2.75, 3.05) is 0 Å². The van der Waals surface area contributed by atoms with Crippen LogP contribution >= 0.6 is 0 Å². The second kappa shape index (κ2) is 2.95. The Morgan fingerprint density at radius 3 is 1.69 bits per heavy atom. The van der Waals surface area contributed by atoms with Crippen molar-refractivity contribution in [3.05, 3.63) is 35.1 Å². The van der Waals surface area contributed by atoms with Crippen LogP contribution in [0.1, 0.15) is 5.56 Å². The fraction of sp³-hybridized carbons (Fsp3) is 0.143. The number of alkyl halides is 2. The maximum absolute atomic E-state index is 12.3. The van der Waals surface area contributed by atoms with Crippen molar-refractivity contribution in [3.8, 4) is 0 Å². The van der Waals surface area contributed by atoms with Gasteiger partial charge >= 0.3 is 6.11 Å². The highest BCUT2D eigenvalue weighted by atomic mass is 19.3. The molecule has 1 aromatic rings. The molecular weight excluding hydrogens is 195 g/mol. The van der Waals surface area contributed by atoms with Crippen molar-refractivity contribution in [2.45, 2.75) is 6.11 Å². The fourth-order valence-corrected chi connectivity index (χ4v) is 0.724. The molecule has 0 amide bonds. The Morgan fingerprint density at radius 1 is 1.00 bits per heavy atom. The summed E-state index contributed by atoms with van der Waals surface area (Å²) < 4.78 is 60.6. The molecule has 1 rings (SSSR count). The largest absolute Gasteiger partial charge is 0.408 e. The maximum Gasteiger partial charge on any atom is 0.408 e. The summed E-state index contributed by atoms with van der Waals surface area (Å²) in [6.45, 7) is 0. The molecule has 0 bridgehead atoms. The van der Waals surface area contributed by atoms with Crippen LogP contribution in [0.3, 0.4) is 0 Å². The van der Waals surface area contributed by atoms with E-state index in [0.717, 1.165) is 0 Å². The summed E-state index contributed by atoms with van der Waals surface area (Å²) >= 11 is 0. The first-order valence-corrected chi connectivity index (χ1v) is 3.05. The molecule has 0 aliphatic carbocycles. The minimum Gasteiger partial charge on any atom is -0.204 e. The molecule has 0 aliphatic heterocycles. The summed E-state index contributed by atoms with van der Waals surface area (Å²) in [6, 6.07) is -0.0726. The van der Waals surface area contributed by atoms with E-state index in [9.17, 15) is 27.1 Å². The Balaban J connectivity index is 3.29. The lowest BCUT2D eigenvalue weighted by Gasteiger charge is -2.06. The Labute approximate surface area is 69.4 Å². The van der Waals surface area contributed by atoms with Crippen LogP contribution < -0.4 is 0 Å². The van der Waals surface area contributed by atoms with Gasteiger partial charge in [0, 0.05) is 0 Å². The molecule has 0 N–H and O–H groups in total. The molecule has 0 aromatic heterocycles. The molecule has 0 atom stereocenters. The molecule has 0 aliphatic rings. The van der Waals surface area contributed by atoms with E-state index >= 15 is 0 Å². The van der Waals surface area contributed by atoms with Crippen molar-refractivity contribution in [1.82, 2.24) is 0 Å². The van der Waals surface area contributed by atoms with Gasteiger partial charge in [-0.15, -0.1) is 0 Å². The average molecular weight is 197 g/mol. The third-order valence-corrected chi connectivity index (χ3v) is 1.32. The van der Waals surface area contributed by atoms with E-state index < -0.39 is 29.1 Å². The van der Waals surface area contributed by atoms with Gasteiger partial charge in [-0.3, -0.25) is 0 Å². The SMILES string of the molecule is [O]C(F)(F)c1cc(F)c(F)c(F)c1. The van der Waals surface area contributed by atoms with Crippen molar-refractivity contribution in [1.29, 1.82) is 0 Å². The molecule has 0 fully saturated rings. The van der Waals surface area contributed by atoms with Gasteiger partial charge < -0.3 is 0 Å². The minimum absolute atomic E-state index is 0.0363. The number of halogens is 5. The lowest BCUT2D eigenvalue weighted by molar-refractivity contribution is -0.252. The van der Waals surface area contributed by atoms with Crippen LogP contribution in [-0.4, -0.2) is 0 Å². The van der Waals surface area contributed by atoms with E-state index in [0.29, 0.717) is 0 Å². The lowest BCUT2D eigenvalue weighted by atomic mass is 10.2. The van der Waals surface area contributed by atoms with Crippen molar-refractivity contribution < 1.29 is 27.1 Å². The molecule has 1 nitrogen and oxygen atoms in total. The molecular formula is C7H2F5O. The van der Waals surface area contributed by atoms with Gasteiger partial charge in [0.25, 0.3) is 0 Å². The van der Waals surface area contributed by atoms with Crippen LogP contribution in [0.2, 0.25) is 0 Å². The average Bonchev–Trinajstić information content (AvgIpc) is 1.97. The molecule has 0 saturated carbocycles. The van der Waals surface area contributed by atoms with Crippen molar-refractivity contribution >= 4 is 0 Å². The van der Waals surface area contributed by atoms with Gasteiger partial charge in [0.15, 0.2) is 17.5 Å². The van der Waals surface area contributed by atoms with Crippen molar-refractivity contribution in [3.63, 3.8) is 0 Å². The highest BCUT2D eigenvalue weighted by Crippen LogP contribution is 2.27. The molecule has 1 radical (unpaired) electrons. The Bertz CT molecular complexity index is 307. The fourth-order valence-electron chi connectivity index (χ4n) is 0.724. The number of benzene rings is 1. The quantitative estimate of drug-likeness (QED) is 0.487. The highest BCUT2D eigenvalue weighted by Gasteiger charge is 2.32. The second-order valence-electron chi connectivity index (χ2n) is 2.27. The van der Waals surface area contributed by atoms with E-state index in [4.69, 9.17) is 0 Å². The molecule has 1 aromatic carbocycles. The molecule has 0 heterocycles. The van der Waals surface area contributed by atoms with E-state index in [-0.39, 0.29) is 12.1 Å².